The van der Waals surface area contributed by atoms with Crippen LogP contribution < -0.4 is 20.1 Å². The standard InChI is InChI=1S/C35H42N6O7/c1-6-45-27-14-12-26(13-15-27)40(34(44)48-35(3,4)5)32-23(2)31(38-30-16-18-37-41(30)32)47-28-21-39(19-17-25(28)20-29(36)42)33(43)46-22-24-10-8-7-9-11-24/h7-16,18,25,28H,6,17,19-22H2,1-5H3,(H2,36,42). The lowest BCUT2D eigenvalue weighted by atomic mass is 9.90. The molecule has 13 heteroatoms. The van der Waals surface area contributed by atoms with Crippen molar-refractivity contribution in [3.63, 3.8) is 0 Å². The maximum Gasteiger partial charge on any atom is 0.420 e. The van der Waals surface area contributed by atoms with Gasteiger partial charge in [0, 0.05) is 24.9 Å². The van der Waals surface area contributed by atoms with Gasteiger partial charge in [-0.05, 0) is 70.9 Å². The molecule has 1 fully saturated rings. The molecule has 2 unspecified atom stereocenters. The number of carbonyl (C=O) groups is 3. The van der Waals surface area contributed by atoms with Gasteiger partial charge in [-0.3, -0.25) is 4.79 Å². The first-order chi connectivity index (χ1) is 22.9. The third kappa shape index (κ3) is 8.14. The lowest BCUT2D eigenvalue weighted by Gasteiger charge is -2.37. The van der Waals surface area contributed by atoms with Crippen LogP contribution in [-0.2, 0) is 20.9 Å². The minimum absolute atomic E-state index is 0.0641. The molecule has 4 aromatic rings. The first kappa shape index (κ1) is 34.0. The lowest BCUT2D eigenvalue weighted by molar-refractivity contribution is -0.120. The second kappa shape index (κ2) is 14.6. The molecular weight excluding hydrogens is 616 g/mol. The van der Waals surface area contributed by atoms with E-state index in [1.807, 2.05) is 37.3 Å². The number of primary amides is 1. The van der Waals surface area contributed by atoms with Gasteiger partial charge in [-0.2, -0.15) is 14.6 Å². The minimum atomic E-state index is -0.799. The van der Waals surface area contributed by atoms with E-state index >= 15 is 0 Å². The molecular formula is C35H42N6O7. The van der Waals surface area contributed by atoms with Gasteiger partial charge in [0.25, 0.3) is 0 Å². The van der Waals surface area contributed by atoms with Crippen LogP contribution in [0.3, 0.4) is 0 Å². The molecule has 1 saturated heterocycles. The van der Waals surface area contributed by atoms with Crippen LogP contribution in [0.15, 0.2) is 66.9 Å². The van der Waals surface area contributed by atoms with E-state index < -0.39 is 29.8 Å². The molecule has 3 heterocycles. The number of hydrogen-bond acceptors (Lipinski definition) is 9. The first-order valence-corrected chi connectivity index (χ1v) is 15.9. The van der Waals surface area contributed by atoms with Crippen molar-refractivity contribution in [2.24, 2.45) is 11.7 Å². The number of rotatable bonds is 10. The molecule has 48 heavy (non-hydrogen) atoms. The number of amides is 3. The SMILES string of the molecule is CCOc1ccc(N(C(=O)OC(C)(C)C)c2c(C)c(OC3CN(C(=O)OCc4ccccc4)CCC3CC(N)=O)nc3ccnn23)cc1. The van der Waals surface area contributed by atoms with Crippen LogP contribution in [0.5, 0.6) is 11.6 Å². The molecule has 13 nitrogen and oxygen atoms in total. The molecule has 0 aliphatic carbocycles. The quantitative estimate of drug-likeness (QED) is 0.223. The summed E-state index contributed by atoms with van der Waals surface area (Å²) in [6, 6.07) is 18.2. The summed E-state index contributed by atoms with van der Waals surface area (Å²) in [5.74, 6) is 0.433. The fourth-order valence-electron chi connectivity index (χ4n) is 5.55. The Bertz CT molecular complexity index is 1740. The van der Waals surface area contributed by atoms with Crippen LogP contribution in [0.25, 0.3) is 5.65 Å². The first-order valence-electron chi connectivity index (χ1n) is 15.9. The average molecular weight is 659 g/mol. The zero-order valence-electron chi connectivity index (χ0n) is 27.9. The van der Waals surface area contributed by atoms with Crippen molar-refractivity contribution >= 4 is 35.2 Å². The number of ether oxygens (including phenoxy) is 4. The van der Waals surface area contributed by atoms with E-state index in [0.29, 0.717) is 48.0 Å². The number of likely N-dealkylation sites (tertiary alicyclic amines) is 1. The Kier molecular flexibility index (Phi) is 10.4. The van der Waals surface area contributed by atoms with Crippen molar-refractivity contribution in [1.82, 2.24) is 19.5 Å². The molecule has 2 N–H and O–H groups in total. The number of carbonyl (C=O) groups excluding carboxylic acids is 3. The Labute approximate surface area is 279 Å². The van der Waals surface area contributed by atoms with Gasteiger partial charge in [0.1, 0.15) is 24.1 Å². The number of benzene rings is 2. The monoisotopic (exact) mass is 658 g/mol. The molecule has 3 amide bonds. The summed E-state index contributed by atoms with van der Waals surface area (Å²) >= 11 is 0. The second-order valence-electron chi connectivity index (χ2n) is 12.6. The van der Waals surface area contributed by atoms with E-state index in [9.17, 15) is 14.4 Å². The average Bonchev–Trinajstić information content (AvgIpc) is 3.51. The molecule has 254 valence electrons. The van der Waals surface area contributed by atoms with E-state index in [4.69, 9.17) is 29.7 Å². The number of aromatic nitrogens is 3. The Hall–Kier alpha value is -5.33. The van der Waals surface area contributed by atoms with Crippen molar-refractivity contribution in [3.8, 4) is 11.6 Å². The van der Waals surface area contributed by atoms with E-state index in [0.717, 1.165) is 5.56 Å². The van der Waals surface area contributed by atoms with Gasteiger partial charge in [0.2, 0.25) is 11.8 Å². The molecule has 0 radical (unpaired) electrons. The van der Waals surface area contributed by atoms with Crippen molar-refractivity contribution in [2.75, 3.05) is 24.6 Å². The van der Waals surface area contributed by atoms with Gasteiger partial charge in [0.15, 0.2) is 11.5 Å². The summed E-state index contributed by atoms with van der Waals surface area (Å²) in [5.41, 5.74) is 7.08. The third-order valence-electron chi connectivity index (χ3n) is 7.78. The highest BCUT2D eigenvalue weighted by atomic mass is 16.6. The largest absolute Gasteiger partial charge is 0.494 e. The van der Waals surface area contributed by atoms with Crippen LogP contribution >= 0.6 is 0 Å². The molecule has 0 bridgehead atoms. The fraction of sp³-hybridized carbons (Fsp3) is 0.400. The van der Waals surface area contributed by atoms with Gasteiger partial charge in [-0.1, -0.05) is 30.3 Å². The molecule has 2 atom stereocenters. The van der Waals surface area contributed by atoms with Crippen LogP contribution in [0.4, 0.5) is 21.1 Å². The second-order valence-corrected chi connectivity index (χ2v) is 12.6. The van der Waals surface area contributed by atoms with E-state index in [1.54, 1.807) is 69.1 Å². The number of fused-ring (bicyclic) bond motifs is 1. The highest BCUT2D eigenvalue weighted by Crippen LogP contribution is 2.37. The zero-order chi connectivity index (χ0) is 34.4. The van der Waals surface area contributed by atoms with Crippen molar-refractivity contribution in [2.45, 2.75) is 65.8 Å². The summed E-state index contributed by atoms with van der Waals surface area (Å²) < 4.78 is 25.2. The molecule has 1 aliphatic rings. The van der Waals surface area contributed by atoms with Gasteiger partial charge < -0.3 is 29.6 Å². The molecule has 0 saturated carbocycles. The number of piperidine rings is 1. The number of anilines is 2. The predicted octanol–water partition coefficient (Wildman–Crippen LogP) is 5.79. The van der Waals surface area contributed by atoms with Gasteiger partial charge in [-0.25, -0.2) is 14.5 Å². The molecule has 1 aliphatic heterocycles. The summed E-state index contributed by atoms with van der Waals surface area (Å²) in [6.45, 7) is 10.2. The normalized spacial score (nSPS) is 16.3. The highest BCUT2D eigenvalue weighted by Gasteiger charge is 2.37. The summed E-state index contributed by atoms with van der Waals surface area (Å²) in [7, 11) is 0. The fourth-order valence-corrected chi connectivity index (χ4v) is 5.55. The van der Waals surface area contributed by atoms with Gasteiger partial charge in [-0.15, -0.1) is 0 Å². The number of nitrogens with two attached hydrogens (primary N) is 1. The van der Waals surface area contributed by atoms with Gasteiger partial charge in [0.05, 0.1) is 30.6 Å². The smallest absolute Gasteiger partial charge is 0.420 e. The Morgan fingerprint density at radius 2 is 1.77 bits per heavy atom. The summed E-state index contributed by atoms with van der Waals surface area (Å²) in [6.07, 6.45) is 0.315. The molecule has 2 aromatic carbocycles. The number of hydrogen-bond donors (Lipinski definition) is 1. The maximum absolute atomic E-state index is 13.9. The van der Waals surface area contributed by atoms with Crippen LogP contribution in [-0.4, -0.2) is 69.0 Å². The summed E-state index contributed by atoms with van der Waals surface area (Å²) in [4.78, 5) is 46.8. The van der Waals surface area contributed by atoms with E-state index in [1.165, 1.54) is 9.42 Å². The topological polar surface area (TPSA) is 151 Å². The highest BCUT2D eigenvalue weighted by molar-refractivity contribution is 5.96. The van der Waals surface area contributed by atoms with Crippen molar-refractivity contribution < 1.29 is 33.3 Å². The Morgan fingerprint density at radius 3 is 2.44 bits per heavy atom. The maximum atomic E-state index is 13.9. The van der Waals surface area contributed by atoms with E-state index in [2.05, 4.69) is 5.10 Å². The zero-order valence-corrected chi connectivity index (χ0v) is 27.9. The van der Waals surface area contributed by atoms with Crippen molar-refractivity contribution in [3.05, 3.63) is 78.0 Å². The van der Waals surface area contributed by atoms with Crippen LogP contribution in [0.1, 0.15) is 51.7 Å². The van der Waals surface area contributed by atoms with Crippen molar-refractivity contribution in [1.29, 1.82) is 0 Å². The third-order valence-corrected chi connectivity index (χ3v) is 7.78. The predicted molar refractivity (Wildman–Crippen MR) is 178 cm³/mol. The Morgan fingerprint density at radius 1 is 1.04 bits per heavy atom. The van der Waals surface area contributed by atoms with E-state index in [-0.39, 0.29) is 31.4 Å². The molecule has 2 aromatic heterocycles. The number of nitrogens with zero attached hydrogens (tertiary/aromatic N) is 5. The minimum Gasteiger partial charge on any atom is -0.494 e. The van der Waals surface area contributed by atoms with Gasteiger partial charge >= 0.3 is 12.2 Å². The van der Waals surface area contributed by atoms with Crippen LogP contribution in [0.2, 0.25) is 0 Å². The van der Waals surface area contributed by atoms with Crippen LogP contribution in [0, 0.1) is 12.8 Å². The molecule has 5 rings (SSSR count). The molecule has 0 spiro atoms. The summed E-state index contributed by atoms with van der Waals surface area (Å²) in [5, 5.41) is 4.47. The Balaban J connectivity index is 1.50. The lowest BCUT2D eigenvalue weighted by Crippen LogP contribution is -2.50.